The normalized spacial score (nSPS) is 10.6. The van der Waals surface area contributed by atoms with Crippen LogP contribution < -0.4 is 10.5 Å². The second kappa shape index (κ2) is 5.46. The minimum atomic E-state index is 0.549. The highest BCUT2D eigenvalue weighted by molar-refractivity contribution is 6.30. The number of nitrogens with one attached hydrogen (secondary N) is 1. The number of aromatic amines is 1. The molecule has 2 aromatic carbocycles. The number of nitrogen functional groups attached to an aromatic ring is 1. The van der Waals surface area contributed by atoms with Crippen molar-refractivity contribution < 1.29 is 4.74 Å². The van der Waals surface area contributed by atoms with Crippen molar-refractivity contribution in [3.8, 4) is 28.5 Å². The van der Waals surface area contributed by atoms with E-state index in [2.05, 4.69) is 15.2 Å². The van der Waals surface area contributed by atoms with Gasteiger partial charge in [0.15, 0.2) is 11.6 Å². The first-order chi connectivity index (χ1) is 10.2. The van der Waals surface area contributed by atoms with E-state index in [-0.39, 0.29) is 0 Å². The van der Waals surface area contributed by atoms with Crippen LogP contribution in [0.2, 0.25) is 5.02 Å². The zero-order chi connectivity index (χ0) is 14.8. The van der Waals surface area contributed by atoms with E-state index in [0.717, 1.165) is 11.1 Å². The number of methoxy groups -OCH3 is 1. The number of anilines is 1. The van der Waals surface area contributed by atoms with E-state index in [1.165, 1.54) is 0 Å². The minimum Gasteiger partial charge on any atom is -0.495 e. The van der Waals surface area contributed by atoms with Gasteiger partial charge in [-0.3, -0.25) is 5.10 Å². The van der Waals surface area contributed by atoms with Crippen molar-refractivity contribution in [2.75, 3.05) is 12.8 Å². The van der Waals surface area contributed by atoms with Crippen molar-refractivity contribution in [3.05, 3.63) is 47.5 Å². The Hall–Kier alpha value is -2.53. The first-order valence-electron chi connectivity index (χ1n) is 6.29. The molecule has 1 aromatic heterocycles. The third-order valence-corrected chi connectivity index (χ3v) is 3.34. The fourth-order valence-corrected chi connectivity index (χ4v) is 2.13. The lowest BCUT2D eigenvalue weighted by Crippen LogP contribution is -1.93. The molecule has 0 aliphatic carbocycles. The number of benzene rings is 2. The van der Waals surface area contributed by atoms with E-state index in [1.54, 1.807) is 19.2 Å². The Kier molecular flexibility index (Phi) is 3.50. The minimum absolute atomic E-state index is 0.549. The number of nitrogens with zero attached hydrogens (tertiary/aromatic N) is 2. The van der Waals surface area contributed by atoms with Gasteiger partial charge in [0.2, 0.25) is 0 Å². The lowest BCUT2D eigenvalue weighted by molar-refractivity contribution is 0.417. The highest BCUT2D eigenvalue weighted by Crippen LogP contribution is 2.27. The molecule has 3 rings (SSSR count). The maximum Gasteiger partial charge on any atom is 0.181 e. The average Bonchev–Trinajstić information content (AvgIpc) is 2.98. The van der Waals surface area contributed by atoms with E-state index >= 15 is 0 Å². The molecule has 0 atom stereocenters. The smallest absolute Gasteiger partial charge is 0.181 e. The van der Waals surface area contributed by atoms with Gasteiger partial charge < -0.3 is 10.5 Å². The first kappa shape index (κ1) is 13.5. The molecule has 0 aliphatic heterocycles. The van der Waals surface area contributed by atoms with Gasteiger partial charge in [-0.15, -0.1) is 0 Å². The summed E-state index contributed by atoms with van der Waals surface area (Å²) >= 11 is 5.87. The molecule has 0 aliphatic rings. The van der Waals surface area contributed by atoms with Gasteiger partial charge >= 0.3 is 0 Å². The van der Waals surface area contributed by atoms with Crippen molar-refractivity contribution >= 4 is 17.3 Å². The predicted molar refractivity (Wildman–Crippen MR) is 83.2 cm³/mol. The monoisotopic (exact) mass is 300 g/mol. The number of H-pyrrole nitrogens is 1. The molecule has 0 saturated carbocycles. The molecule has 6 heteroatoms. The van der Waals surface area contributed by atoms with E-state index in [1.807, 2.05) is 30.3 Å². The van der Waals surface area contributed by atoms with E-state index < -0.39 is 0 Å². The number of nitrogens with two attached hydrogens (primary N) is 1. The quantitative estimate of drug-likeness (QED) is 0.727. The Bertz CT molecular complexity index is 768. The number of hydrogen-bond donors (Lipinski definition) is 2. The maximum absolute atomic E-state index is 5.90. The van der Waals surface area contributed by atoms with E-state index in [4.69, 9.17) is 22.1 Å². The van der Waals surface area contributed by atoms with Gasteiger partial charge in [-0.25, -0.2) is 4.98 Å². The standard InChI is InChI=1S/C15H13ClN4O/c1-21-13-7-4-10(8-12(13)17)15-18-14(19-20-15)9-2-5-11(16)6-3-9/h2-8H,17H2,1H3,(H,18,19,20). The zero-order valence-corrected chi connectivity index (χ0v) is 12.1. The predicted octanol–water partition coefficient (Wildman–Crippen LogP) is 3.38. The van der Waals surface area contributed by atoms with Crippen LogP contribution in [0.4, 0.5) is 5.69 Å². The summed E-state index contributed by atoms with van der Waals surface area (Å²) in [6.45, 7) is 0. The highest BCUT2D eigenvalue weighted by Gasteiger charge is 2.09. The summed E-state index contributed by atoms with van der Waals surface area (Å²) in [4.78, 5) is 4.47. The highest BCUT2D eigenvalue weighted by atomic mass is 35.5. The molecule has 0 radical (unpaired) electrons. The molecule has 5 nitrogen and oxygen atoms in total. The van der Waals surface area contributed by atoms with Crippen LogP contribution >= 0.6 is 11.6 Å². The van der Waals surface area contributed by atoms with Crippen LogP contribution in [-0.4, -0.2) is 22.3 Å². The van der Waals surface area contributed by atoms with Gasteiger partial charge in [0, 0.05) is 16.1 Å². The first-order valence-corrected chi connectivity index (χ1v) is 6.67. The zero-order valence-electron chi connectivity index (χ0n) is 11.3. The average molecular weight is 301 g/mol. The van der Waals surface area contributed by atoms with Gasteiger partial charge in [0.1, 0.15) is 5.75 Å². The van der Waals surface area contributed by atoms with Crippen molar-refractivity contribution in [1.29, 1.82) is 0 Å². The van der Waals surface area contributed by atoms with Gasteiger partial charge in [-0.05, 0) is 42.5 Å². The summed E-state index contributed by atoms with van der Waals surface area (Å²) in [6.07, 6.45) is 0. The summed E-state index contributed by atoms with van der Waals surface area (Å²) in [5.41, 5.74) is 8.19. The molecule has 0 unspecified atom stereocenters. The maximum atomic E-state index is 5.90. The summed E-state index contributed by atoms with van der Waals surface area (Å²) < 4.78 is 5.14. The molecule has 3 N–H and O–H groups in total. The largest absolute Gasteiger partial charge is 0.495 e. The number of rotatable bonds is 3. The molecule has 21 heavy (non-hydrogen) atoms. The second-order valence-electron chi connectivity index (χ2n) is 4.47. The van der Waals surface area contributed by atoms with Gasteiger partial charge in [-0.2, -0.15) is 5.10 Å². The topological polar surface area (TPSA) is 76.8 Å². The Morgan fingerprint density at radius 3 is 2.48 bits per heavy atom. The Morgan fingerprint density at radius 2 is 1.81 bits per heavy atom. The second-order valence-corrected chi connectivity index (χ2v) is 4.91. The summed E-state index contributed by atoms with van der Waals surface area (Å²) in [6, 6.07) is 12.8. The van der Waals surface area contributed by atoms with Crippen LogP contribution in [0, 0.1) is 0 Å². The van der Waals surface area contributed by atoms with Crippen molar-refractivity contribution in [3.63, 3.8) is 0 Å². The van der Waals surface area contributed by atoms with Crippen molar-refractivity contribution in [1.82, 2.24) is 15.2 Å². The van der Waals surface area contributed by atoms with Crippen molar-refractivity contribution in [2.45, 2.75) is 0 Å². The molecule has 0 amide bonds. The van der Waals surface area contributed by atoms with E-state index in [9.17, 15) is 0 Å². The molecule has 0 spiro atoms. The Labute approximate surface area is 126 Å². The van der Waals surface area contributed by atoms with Gasteiger partial charge in [0.05, 0.1) is 12.8 Å². The fourth-order valence-electron chi connectivity index (χ4n) is 2.00. The Balaban J connectivity index is 1.94. The molecule has 3 aromatic rings. The molecule has 1 heterocycles. The molecule has 0 bridgehead atoms. The summed E-state index contributed by atoms with van der Waals surface area (Å²) in [7, 11) is 1.58. The van der Waals surface area contributed by atoms with Gasteiger partial charge in [-0.1, -0.05) is 11.6 Å². The van der Waals surface area contributed by atoms with E-state index in [0.29, 0.717) is 28.1 Å². The third kappa shape index (κ3) is 2.68. The molecular formula is C15H13ClN4O. The third-order valence-electron chi connectivity index (χ3n) is 3.09. The summed E-state index contributed by atoms with van der Waals surface area (Å²) in [5, 5.41) is 7.81. The Morgan fingerprint density at radius 1 is 1.10 bits per heavy atom. The van der Waals surface area contributed by atoms with Gasteiger partial charge in [0.25, 0.3) is 0 Å². The number of hydrogen-bond acceptors (Lipinski definition) is 4. The van der Waals surface area contributed by atoms with Crippen LogP contribution in [0.3, 0.4) is 0 Å². The molecule has 0 fully saturated rings. The fraction of sp³-hybridized carbons (Fsp3) is 0.0667. The lowest BCUT2D eigenvalue weighted by Gasteiger charge is -2.04. The van der Waals surface area contributed by atoms with Crippen molar-refractivity contribution in [2.24, 2.45) is 0 Å². The number of aromatic nitrogens is 3. The van der Waals surface area contributed by atoms with Crippen LogP contribution in [0.5, 0.6) is 5.75 Å². The SMILES string of the molecule is COc1ccc(-c2n[nH]c(-c3ccc(Cl)cc3)n2)cc1N. The molecule has 0 saturated heterocycles. The number of ether oxygens (including phenoxy) is 1. The van der Waals surface area contributed by atoms with Crippen LogP contribution in [0.1, 0.15) is 0 Å². The van der Waals surface area contributed by atoms with Crippen LogP contribution in [-0.2, 0) is 0 Å². The number of halogens is 1. The molecular weight excluding hydrogens is 288 g/mol. The van der Waals surface area contributed by atoms with Crippen LogP contribution in [0.25, 0.3) is 22.8 Å². The summed E-state index contributed by atoms with van der Waals surface area (Å²) in [5.74, 6) is 1.89. The molecule has 106 valence electrons. The van der Waals surface area contributed by atoms with Crippen LogP contribution in [0.15, 0.2) is 42.5 Å². The lowest BCUT2D eigenvalue weighted by atomic mass is 10.2.